The van der Waals surface area contributed by atoms with Gasteiger partial charge in [-0.15, -0.1) is 10.2 Å². The summed E-state index contributed by atoms with van der Waals surface area (Å²) in [4.78, 5) is 12.5. The van der Waals surface area contributed by atoms with Gasteiger partial charge in [0, 0.05) is 30.5 Å². The van der Waals surface area contributed by atoms with Gasteiger partial charge in [-0.25, -0.2) is 0 Å². The van der Waals surface area contributed by atoms with Gasteiger partial charge in [0.15, 0.2) is 0 Å². The molecule has 0 saturated heterocycles. The molecule has 0 radical (unpaired) electrons. The van der Waals surface area contributed by atoms with Crippen LogP contribution in [0.2, 0.25) is 0 Å². The van der Waals surface area contributed by atoms with Gasteiger partial charge in [-0.1, -0.05) is 43.3 Å². The first kappa shape index (κ1) is 16.9. The number of aryl methyl sites for hydroxylation is 1. The third kappa shape index (κ3) is 4.12. The summed E-state index contributed by atoms with van der Waals surface area (Å²) in [5.41, 5.74) is 2.56. The molecule has 0 bridgehead atoms. The Morgan fingerprint density at radius 2 is 1.92 bits per heavy atom. The molecular weight excluding hydrogens is 314 g/mol. The van der Waals surface area contributed by atoms with Crippen molar-refractivity contribution in [1.82, 2.24) is 15.5 Å². The number of carbonyl (C=O) groups is 1. The molecule has 1 atom stereocenters. The third-order valence-electron chi connectivity index (χ3n) is 4.17. The first-order valence-electron chi connectivity index (χ1n) is 8.41. The molecule has 3 rings (SSSR count). The first-order valence-corrected chi connectivity index (χ1v) is 8.41. The van der Waals surface area contributed by atoms with Gasteiger partial charge in [0.05, 0.1) is 0 Å². The highest BCUT2D eigenvalue weighted by atomic mass is 16.4. The Balaban J connectivity index is 1.69. The monoisotopic (exact) mass is 335 g/mol. The Bertz CT molecular complexity index is 843. The quantitative estimate of drug-likeness (QED) is 0.740. The molecule has 5 heteroatoms. The Morgan fingerprint density at radius 3 is 2.60 bits per heavy atom. The van der Waals surface area contributed by atoms with Crippen LogP contribution in [-0.4, -0.2) is 22.6 Å². The Labute approximate surface area is 147 Å². The van der Waals surface area contributed by atoms with E-state index in [0.29, 0.717) is 29.8 Å². The first-order chi connectivity index (χ1) is 12.2. The predicted molar refractivity (Wildman–Crippen MR) is 96.3 cm³/mol. The van der Waals surface area contributed by atoms with E-state index in [1.807, 2.05) is 30.3 Å². The maximum atomic E-state index is 12.5. The van der Waals surface area contributed by atoms with Gasteiger partial charge in [-0.3, -0.25) is 4.79 Å². The highest BCUT2D eigenvalue weighted by molar-refractivity contribution is 5.95. The van der Waals surface area contributed by atoms with Gasteiger partial charge < -0.3 is 9.73 Å². The van der Waals surface area contributed by atoms with Crippen LogP contribution in [0.4, 0.5) is 0 Å². The molecule has 0 spiro atoms. The molecule has 1 N–H and O–H groups in total. The Hall–Kier alpha value is -2.95. The number of hydrogen-bond acceptors (Lipinski definition) is 4. The molecule has 3 aromatic rings. The topological polar surface area (TPSA) is 68.0 Å². The summed E-state index contributed by atoms with van der Waals surface area (Å²) < 4.78 is 5.42. The van der Waals surface area contributed by atoms with Gasteiger partial charge in [0.25, 0.3) is 5.91 Å². The van der Waals surface area contributed by atoms with E-state index in [-0.39, 0.29) is 5.91 Å². The minimum Gasteiger partial charge on any atom is -0.421 e. The van der Waals surface area contributed by atoms with E-state index in [4.69, 9.17) is 4.42 Å². The largest absolute Gasteiger partial charge is 0.421 e. The summed E-state index contributed by atoms with van der Waals surface area (Å²) in [6.07, 6.45) is 0.964. The number of hydrogen-bond donors (Lipinski definition) is 1. The lowest BCUT2D eigenvalue weighted by atomic mass is 9.96. The number of nitrogens with one attached hydrogen (secondary N) is 1. The summed E-state index contributed by atoms with van der Waals surface area (Å²) in [6, 6.07) is 17.5. The fraction of sp³-hybridized carbons (Fsp3) is 0.250. The maximum absolute atomic E-state index is 12.5. The van der Waals surface area contributed by atoms with Crippen LogP contribution in [0.25, 0.3) is 11.5 Å². The SMILES string of the molecule is CCC(CNC(=O)c1cccc(-c2nnc(C)o2)c1)c1ccccc1. The molecule has 1 aromatic heterocycles. The zero-order valence-corrected chi connectivity index (χ0v) is 14.4. The van der Waals surface area contributed by atoms with Gasteiger partial charge >= 0.3 is 0 Å². The molecule has 5 nitrogen and oxygen atoms in total. The van der Waals surface area contributed by atoms with Crippen LogP contribution in [0.1, 0.15) is 41.1 Å². The molecular formula is C20H21N3O2. The molecule has 128 valence electrons. The van der Waals surface area contributed by atoms with Crippen molar-refractivity contribution in [2.75, 3.05) is 6.54 Å². The number of rotatable bonds is 6. The van der Waals surface area contributed by atoms with Gasteiger partial charge in [-0.2, -0.15) is 0 Å². The van der Waals surface area contributed by atoms with Crippen molar-refractivity contribution in [3.05, 3.63) is 71.6 Å². The molecule has 1 heterocycles. The highest BCUT2D eigenvalue weighted by Crippen LogP contribution is 2.20. The van der Waals surface area contributed by atoms with Crippen LogP contribution in [0.15, 0.2) is 59.0 Å². The van der Waals surface area contributed by atoms with Crippen molar-refractivity contribution < 1.29 is 9.21 Å². The van der Waals surface area contributed by atoms with Crippen molar-refractivity contribution in [2.45, 2.75) is 26.2 Å². The molecule has 0 fully saturated rings. The summed E-state index contributed by atoms with van der Waals surface area (Å²) in [6.45, 7) is 4.47. The summed E-state index contributed by atoms with van der Waals surface area (Å²) >= 11 is 0. The normalized spacial score (nSPS) is 11.9. The van der Waals surface area contributed by atoms with Gasteiger partial charge in [-0.05, 0) is 30.2 Å². The minimum atomic E-state index is -0.104. The molecule has 25 heavy (non-hydrogen) atoms. The average molecular weight is 335 g/mol. The number of carbonyl (C=O) groups excluding carboxylic acids is 1. The van der Waals surface area contributed by atoms with Crippen LogP contribution >= 0.6 is 0 Å². The van der Waals surface area contributed by atoms with Crippen molar-refractivity contribution in [3.8, 4) is 11.5 Å². The smallest absolute Gasteiger partial charge is 0.251 e. The van der Waals surface area contributed by atoms with Crippen molar-refractivity contribution >= 4 is 5.91 Å². The average Bonchev–Trinajstić information content (AvgIpc) is 3.09. The summed E-state index contributed by atoms with van der Waals surface area (Å²) in [5, 5.41) is 10.8. The minimum absolute atomic E-state index is 0.104. The third-order valence-corrected chi connectivity index (χ3v) is 4.17. The molecule has 1 unspecified atom stereocenters. The molecule has 2 aromatic carbocycles. The van der Waals surface area contributed by atoms with Crippen molar-refractivity contribution in [1.29, 1.82) is 0 Å². The van der Waals surface area contributed by atoms with Gasteiger partial charge in [0.2, 0.25) is 11.8 Å². The second-order valence-electron chi connectivity index (χ2n) is 5.93. The lowest BCUT2D eigenvalue weighted by molar-refractivity contribution is 0.0951. The molecule has 0 aliphatic heterocycles. The molecule has 0 aliphatic carbocycles. The Morgan fingerprint density at radius 1 is 1.12 bits per heavy atom. The summed E-state index contributed by atoms with van der Waals surface area (Å²) in [5.74, 6) is 1.11. The van der Waals surface area contributed by atoms with E-state index >= 15 is 0 Å². The molecule has 0 aliphatic rings. The zero-order chi connectivity index (χ0) is 17.6. The lowest BCUT2D eigenvalue weighted by Crippen LogP contribution is -2.28. The van der Waals surface area contributed by atoms with Crippen LogP contribution in [0.5, 0.6) is 0 Å². The number of aromatic nitrogens is 2. The van der Waals surface area contributed by atoms with E-state index in [2.05, 4.69) is 34.6 Å². The predicted octanol–water partition coefficient (Wildman–Crippen LogP) is 3.97. The molecule has 1 amide bonds. The maximum Gasteiger partial charge on any atom is 0.251 e. The fourth-order valence-corrected chi connectivity index (χ4v) is 2.75. The number of amides is 1. The second kappa shape index (κ2) is 7.75. The summed E-state index contributed by atoms with van der Waals surface area (Å²) in [7, 11) is 0. The number of benzene rings is 2. The van der Waals surface area contributed by atoms with Crippen LogP contribution < -0.4 is 5.32 Å². The second-order valence-corrected chi connectivity index (χ2v) is 5.93. The van der Waals surface area contributed by atoms with E-state index in [9.17, 15) is 4.79 Å². The van der Waals surface area contributed by atoms with Crippen molar-refractivity contribution in [2.24, 2.45) is 0 Å². The van der Waals surface area contributed by atoms with Crippen LogP contribution in [0.3, 0.4) is 0 Å². The number of nitrogens with zero attached hydrogens (tertiary/aromatic N) is 2. The Kier molecular flexibility index (Phi) is 5.23. The van der Waals surface area contributed by atoms with Crippen molar-refractivity contribution in [3.63, 3.8) is 0 Å². The standard InChI is InChI=1S/C20H21N3O2/c1-3-15(16-8-5-4-6-9-16)13-21-19(24)17-10-7-11-18(12-17)20-23-22-14(2)25-20/h4-12,15H,3,13H2,1-2H3,(H,21,24). The molecule has 0 saturated carbocycles. The van der Waals surface area contributed by atoms with Crippen LogP contribution in [-0.2, 0) is 0 Å². The highest BCUT2D eigenvalue weighted by Gasteiger charge is 2.13. The van der Waals surface area contributed by atoms with Crippen LogP contribution in [0, 0.1) is 6.92 Å². The lowest BCUT2D eigenvalue weighted by Gasteiger charge is -2.16. The van der Waals surface area contributed by atoms with E-state index < -0.39 is 0 Å². The van der Waals surface area contributed by atoms with E-state index in [1.54, 1.807) is 19.1 Å². The van der Waals surface area contributed by atoms with Gasteiger partial charge in [0.1, 0.15) is 0 Å². The fourth-order valence-electron chi connectivity index (χ4n) is 2.75. The van der Waals surface area contributed by atoms with E-state index in [1.165, 1.54) is 5.56 Å². The zero-order valence-electron chi connectivity index (χ0n) is 14.4. The van der Waals surface area contributed by atoms with E-state index in [0.717, 1.165) is 12.0 Å².